The van der Waals surface area contributed by atoms with Crippen LogP contribution in [0, 0.1) is 13.8 Å². The fourth-order valence-electron chi connectivity index (χ4n) is 1.05. The van der Waals surface area contributed by atoms with Gasteiger partial charge in [-0.1, -0.05) is 30.3 Å². The number of hydrogen-bond donors (Lipinski definition) is 0. The number of hydrogen-bond acceptors (Lipinski definition) is 0. The molecule has 0 atom stereocenters. The van der Waals surface area contributed by atoms with Crippen molar-refractivity contribution in [3.63, 3.8) is 0 Å². The van der Waals surface area contributed by atoms with Gasteiger partial charge in [-0.2, -0.15) is 0 Å². The van der Waals surface area contributed by atoms with Crippen molar-refractivity contribution in [1.29, 1.82) is 0 Å². The lowest BCUT2D eigenvalue weighted by Crippen LogP contribution is -1.83. The van der Waals surface area contributed by atoms with Gasteiger partial charge in [0, 0.05) is 5.02 Å². The van der Waals surface area contributed by atoms with Crippen molar-refractivity contribution in [2.45, 2.75) is 13.8 Å². The molecule has 1 aromatic rings. The van der Waals surface area contributed by atoms with Crippen LogP contribution >= 0.6 is 11.6 Å². The van der Waals surface area contributed by atoms with Crippen LogP contribution in [0.1, 0.15) is 16.7 Å². The monoisotopic (exact) mass is 166 g/mol. The van der Waals surface area contributed by atoms with E-state index >= 15 is 0 Å². The van der Waals surface area contributed by atoms with E-state index in [9.17, 15) is 0 Å². The minimum absolute atomic E-state index is 0.819. The molecule has 1 rings (SSSR count). The Bertz CT molecular complexity index is 287. The topological polar surface area (TPSA) is 0 Å². The van der Waals surface area contributed by atoms with Gasteiger partial charge in [0.05, 0.1) is 0 Å². The van der Waals surface area contributed by atoms with Crippen LogP contribution in [0.5, 0.6) is 0 Å². The third-order valence-corrected chi connectivity index (χ3v) is 2.14. The SMILES string of the molecule is C=Cc1cc(C)cc(Cl)c1C. The molecule has 0 aliphatic heterocycles. The van der Waals surface area contributed by atoms with Gasteiger partial charge in [0.2, 0.25) is 0 Å². The molecule has 1 aromatic carbocycles. The second kappa shape index (κ2) is 3.10. The molecule has 0 saturated heterocycles. The lowest BCUT2D eigenvalue weighted by Gasteiger charge is -2.03. The van der Waals surface area contributed by atoms with Gasteiger partial charge < -0.3 is 0 Å². The van der Waals surface area contributed by atoms with Gasteiger partial charge in [-0.05, 0) is 36.6 Å². The molecule has 0 heterocycles. The van der Waals surface area contributed by atoms with Crippen molar-refractivity contribution in [2.75, 3.05) is 0 Å². The van der Waals surface area contributed by atoms with E-state index in [4.69, 9.17) is 11.6 Å². The highest BCUT2D eigenvalue weighted by Crippen LogP contribution is 2.21. The molecule has 0 fully saturated rings. The molecule has 0 amide bonds. The van der Waals surface area contributed by atoms with Gasteiger partial charge in [0.1, 0.15) is 0 Å². The van der Waals surface area contributed by atoms with Crippen LogP contribution in [0.25, 0.3) is 6.08 Å². The summed E-state index contributed by atoms with van der Waals surface area (Å²) in [6.45, 7) is 7.74. The Balaban J connectivity index is 3.35. The van der Waals surface area contributed by atoms with Gasteiger partial charge in [-0.3, -0.25) is 0 Å². The molecule has 0 nitrogen and oxygen atoms in total. The van der Waals surface area contributed by atoms with Crippen LogP contribution in [0.15, 0.2) is 18.7 Å². The van der Waals surface area contributed by atoms with E-state index in [1.54, 1.807) is 0 Å². The molecule has 0 radical (unpaired) electrons. The largest absolute Gasteiger partial charge is 0.0985 e. The number of rotatable bonds is 1. The molecule has 0 bridgehead atoms. The van der Waals surface area contributed by atoms with Crippen molar-refractivity contribution in [3.8, 4) is 0 Å². The number of halogens is 1. The molecule has 0 saturated carbocycles. The first-order valence-electron chi connectivity index (χ1n) is 3.54. The summed E-state index contributed by atoms with van der Waals surface area (Å²) < 4.78 is 0. The Hall–Kier alpha value is -0.750. The van der Waals surface area contributed by atoms with Gasteiger partial charge >= 0.3 is 0 Å². The Morgan fingerprint density at radius 2 is 2.00 bits per heavy atom. The fraction of sp³-hybridized carbons (Fsp3) is 0.200. The van der Waals surface area contributed by atoms with Crippen molar-refractivity contribution in [3.05, 3.63) is 40.4 Å². The van der Waals surface area contributed by atoms with Crippen LogP contribution in [0.2, 0.25) is 5.02 Å². The van der Waals surface area contributed by atoms with E-state index in [-0.39, 0.29) is 0 Å². The smallest absolute Gasteiger partial charge is 0.0443 e. The van der Waals surface area contributed by atoms with Crippen LogP contribution in [0.3, 0.4) is 0 Å². The van der Waals surface area contributed by atoms with Gasteiger partial charge in [-0.25, -0.2) is 0 Å². The van der Waals surface area contributed by atoms with E-state index in [0.717, 1.165) is 16.1 Å². The molecule has 0 unspecified atom stereocenters. The highest BCUT2D eigenvalue weighted by atomic mass is 35.5. The lowest BCUT2D eigenvalue weighted by molar-refractivity contribution is 1.38. The second-order valence-corrected chi connectivity index (χ2v) is 3.07. The molecule has 1 heteroatoms. The maximum absolute atomic E-state index is 5.95. The molecule has 0 aliphatic rings. The van der Waals surface area contributed by atoms with E-state index < -0.39 is 0 Å². The van der Waals surface area contributed by atoms with E-state index in [1.807, 2.05) is 26.0 Å². The Morgan fingerprint density at radius 1 is 1.36 bits per heavy atom. The molecular formula is C10H11Cl. The normalized spacial score (nSPS) is 9.73. The highest BCUT2D eigenvalue weighted by Gasteiger charge is 1.99. The third kappa shape index (κ3) is 1.63. The average Bonchev–Trinajstić information content (AvgIpc) is 1.96. The van der Waals surface area contributed by atoms with Gasteiger partial charge in [-0.15, -0.1) is 0 Å². The highest BCUT2D eigenvalue weighted by molar-refractivity contribution is 6.31. The first kappa shape index (κ1) is 8.35. The molecular weight excluding hydrogens is 156 g/mol. The summed E-state index contributed by atoms with van der Waals surface area (Å²) in [6.07, 6.45) is 1.83. The van der Waals surface area contributed by atoms with Crippen molar-refractivity contribution in [2.24, 2.45) is 0 Å². The summed E-state index contributed by atoms with van der Waals surface area (Å²) >= 11 is 5.95. The van der Waals surface area contributed by atoms with Crippen molar-refractivity contribution in [1.82, 2.24) is 0 Å². The first-order valence-corrected chi connectivity index (χ1v) is 3.92. The Morgan fingerprint density at radius 3 is 2.55 bits per heavy atom. The lowest BCUT2D eigenvalue weighted by atomic mass is 10.1. The van der Waals surface area contributed by atoms with Crippen LogP contribution in [0.4, 0.5) is 0 Å². The maximum Gasteiger partial charge on any atom is 0.0443 e. The number of benzene rings is 1. The molecule has 58 valence electrons. The van der Waals surface area contributed by atoms with E-state index in [1.165, 1.54) is 5.56 Å². The second-order valence-electron chi connectivity index (χ2n) is 2.67. The first-order chi connectivity index (χ1) is 5.15. The summed E-state index contributed by atoms with van der Waals surface area (Å²) in [5, 5.41) is 0.819. The molecule has 11 heavy (non-hydrogen) atoms. The molecule has 0 aliphatic carbocycles. The molecule has 0 aromatic heterocycles. The van der Waals surface area contributed by atoms with E-state index in [0.29, 0.717) is 0 Å². The van der Waals surface area contributed by atoms with Crippen LogP contribution < -0.4 is 0 Å². The third-order valence-electron chi connectivity index (χ3n) is 1.75. The predicted molar refractivity (Wildman–Crippen MR) is 51.0 cm³/mol. The standard InChI is InChI=1S/C10H11Cl/c1-4-9-5-7(2)6-10(11)8(9)3/h4-6H,1H2,2-3H3. The van der Waals surface area contributed by atoms with Crippen LogP contribution in [-0.4, -0.2) is 0 Å². The molecule has 0 N–H and O–H groups in total. The zero-order valence-corrected chi connectivity index (χ0v) is 7.57. The predicted octanol–water partition coefficient (Wildman–Crippen LogP) is 3.60. The van der Waals surface area contributed by atoms with Crippen LogP contribution in [-0.2, 0) is 0 Å². The summed E-state index contributed by atoms with van der Waals surface area (Å²) in [4.78, 5) is 0. The average molecular weight is 167 g/mol. The zero-order valence-electron chi connectivity index (χ0n) is 6.82. The Labute approximate surface area is 72.5 Å². The van der Waals surface area contributed by atoms with Gasteiger partial charge in [0.25, 0.3) is 0 Å². The summed E-state index contributed by atoms with van der Waals surface area (Å²) in [5.41, 5.74) is 3.40. The summed E-state index contributed by atoms with van der Waals surface area (Å²) in [7, 11) is 0. The fourth-order valence-corrected chi connectivity index (χ4v) is 1.33. The maximum atomic E-state index is 5.95. The minimum Gasteiger partial charge on any atom is -0.0985 e. The quantitative estimate of drug-likeness (QED) is 0.598. The zero-order chi connectivity index (χ0) is 8.43. The molecule has 0 spiro atoms. The van der Waals surface area contributed by atoms with Crippen molar-refractivity contribution >= 4 is 17.7 Å². The minimum atomic E-state index is 0.819. The van der Waals surface area contributed by atoms with E-state index in [2.05, 4.69) is 12.6 Å². The summed E-state index contributed by atoms with van der Waals surface area (Å²) in [6, 6.07) is 4.04. The van der Waals surface area contributed by atoms with Gasteiger partial charge in [0.15, 0.2) is 0 Å². The van der Waals surface area contributed by atoms with Crippen molar-refractivity contribution < 1.29 is 0 Å². The summed E-state index contributed by atoms with van der Waals surface area (Å²) in [5.74, 6) is 0. The number of aryl methyl sites for hydroxylation is 1. The Kier molecular flexibility index (Phi) is 2.35.